The minimum atomic E-state index is -0.644. The van der Waals surface area contributed by atoms with E-state index in [0.29, 0.717) is 29.7 Å². The van der Waals surface area contributed by atoms with Crippen molar-refractivity contribution < 1.29 is 23.4 Å². The molecule has 2 heterocycles. The van der Waals surface area contributed by atoms with Gasteiger partial charge in [-0.3, -0.25) is 4.79 Å². The lowest BCUT2D eigenvalue weighted by Gasteiger charge is -2.17. The topological polar surface area (TPSA) is 61.8 Å². The van der Waals surface area contributed by atoms with Crippen LogP contribution in [0.4, 0.5) is 8.78 Å². The van der Waals surface area contributed by atoms with E-state index in [9.17, 15) is 13.6 Å². The van der Waals surface area contributed by atoms with Gasteiger partial charge in [0.05, 0.1) is 11.7 Å². The number of carbonyl (C=O) groups is 1. The van der Waals surface area contributed by atoms with E-state index in [2.05, 4.69) is 17.3 Å². The highest BCUT2D eigenvalue weighted by molar-refractivity contribution is 5.96. The van der Waals surface area contributed by atoms with Crippen molar-refractivity contribution in [2.75, 3.05) is 26.7 Å². The van der Waals surface area contributed by atoms with Gasteiger partial charge in [-0.15, -0.1) is 0 Å². The number of rotatable bonds is 5. The largest absolute Gasteiger partial charge is 0.489 e. The fourth-order valence-corrected chi connectivity index (χ4v) is 4.89. The van der Waals surface area contributed by atoms with Gasteiger partial charge in [-0.2, -0.15) is 0 Å². The predicted molar refractivity (Wildman–Crippen MR) is 135 cm³/mol. The third-order valence-corrected chi connectivity index (χ3v) is 6.64. The number of fused-ring (bicyclic) bond motifs is 3. The van der Waals surface area contributed by atoms with E-state index in [0.717, 1.165) is 25.1 Å². The number of nitrogens with one attached hydrogen (secondary N) is 1. The Labute approximate surface area is 210 Å². The van der Waals surface area contributed by atoms with Crippen LogP contribution in [0.2, 0.25) is 0 Å². The molecule has 2 N–H and O–H groups in total. The molecule has 3 atom stereocenters. The summed E-state index contributed by atoms with van der Waals surface area (Å²) in [5, 5.41) is 12.0. The Morgan fingerprint density at radius 1 is 1.06 bits per heavy atom. The molecule has 0 bridgehead atoms. The molecule has 0 aliphatic carbocycles. The first-order valence-corrected chi connectivity index (χ1v) is 12.2. The predicted octanol–water partition coefficient (Wildman–Crippen LogP) is 4.54. The summed E-state index contributed by atoms with van der Waals surface area (Å²) in [6, 6.07) is 19.0. The molecule has 1 amide bonds. The summed E-state index contributed by atoms with van der Waals surface area (Å²) in [5.74, 6) is -0.300. The molecule has 1 saturated heterocycles. The summed E-state index contributed by atoms with van der Waals surface area (Å²) >= 11 is 0. The number of likely N-dealkylation sites (tertiary alicyclic amines) is 1. The van der Waals surface area contributed by atoms with Crippen LogP contribution in [-0.4, -0.2) is 48.7 Å². The lowest BCUT2D eigenvalue weighted by molar-refractivity contribution is 0.0951. The van der Waals surface area contributed by atoms with Crippen molar-refractivity contribution in [2.24, 2.45) is 5.92 Å². The van der Waals surface area contributed by atoms with E-state index >= 15 is 0 Å². The summed E-state index contributed by atoms with van der Waals surface area (Å²) < 4.78 is 33.0. The van der Waals surface area contributed by atoms with Gasteiger partial charge in [-0.05, 0) is 61.7 Å². The number of nitrogens with zero attached hydrogens (tertiary/aromatic N) is 1. The number of hydrogen-bond donors (Lipinski definition) is 2. The summed E-state index contributed by atoms with van der Waals surface area (Å²) in [6.45, 7) is 4.09. The van der Waals surface area contributed by atoms with Gasteiger partial charge >= 0.3 is 0 Å². The molecule has 0 radical (unpaired) electrons. The Balaban J connectivity index is 0.000000256. The zero-order chi connectivity index (χ0) is 25.7. The average Bonchev–Trinajstić information content (AvgIpc) is 3.17. The van der Waals surface area contributed by atoms with Gasteiger partial charge in [0.15, 0.2) is 0 Å². The number of ether oxygens (including phenoxy) is 1. The first-order valence-electron chi connectivity index (χ1n) is 12.2. The maximum Gasteiger partial charge on any atom is 0.251 e. The zero-order valence-corrected chi connectivity index (χ0v) is 20.6. The van der Waals surface area contributed by atoms with Gasteiger partial charge in [0.25, 0.3) is 5.91 Å². The van der Waals surface area contributed by atoms with Crippen molar-refractivity contribution in [2.45, 2.75) is 32.0 Å². The molecule has 7 heteroatoms. The Kier molecular flexibility index (Phi) is 8.33. The highest BCUT2D eigenvalue weighted by Gasteiger charge is 2.36. The number of carbonyl (C=O) groups excluding carboxylic acids is 1. The van der Waals surface area contributed by atoms with Gasteiger partial charge in [0, 0.05) is 31.1 Å². The van der Waals surface area contributed by atoms with E-state index in [1.165, 1.54) is 23.8 Å². The van der Waals surface area contributed by atoms with Crippen molar-refractivity contribution >= 4 is 5.91 Å². The molecule has 2 aliphatic rings. The molecule has 0 saturated carbocycles. The van der Waals surface area contributed by atoms with Crippen LogP contribution < -0.4 is 10.1 Å². The number of hydrogen-bond acceptors (Lipinski definition) is 4. The third kappa shape index (κ3) is 6.28. The molecule has 3 aromatic rings. The molecular weight excluding hydrogens is 462 g/mol. The van der Waals surface area contributed by atoms with Gasteiger partial charge < -0.3 is 20.1 Å². The molecule has 5 nitrogen and oxygen atoms in total. The summed E-state index contributed by atoms with van der Waals surface area (Å²) in [4.78, 5) is 14.7. The van der Waals surface area contributed by atoms with Crippen molar-refractivity contribution in [3.63, 3.8) is 0 Å². The van der Waals surface area contributed by atoms with E-state index in [1.807, 2.05) is 36.4 Å². The molecule has 0 unspecified atom stereocenters. The van der Waals surface area contributed by atoms with Crippen LogP contribution in [-0.2, 0) is 13.0 Å². The van der Waals surface area contributed by atoms with Gasteiger partial charge in [0.1, 0.15) is 24.0 Å². The number of aliphatic hydroxyl groups excluding tert-OH is 1. The Morgan fingerprint density at radius 3 is 2.47 bits per heavy atom. The highest BCUT2D eigenvalue weighted by Crippen LogP contribution is 2.36. The van der Waals surface area contributed by atoms with Crippen LogP contribution in [0.25, 0.3) is 0 Å². The molecule has 36 heavy (non-hydrogen) atoms. The zero-order valence-electron chi connectivity index (χ0n) is 20.6. The molecule has 2 aliphatic heterocycles. The van der Waals surface area contributed by atoms with Gasteiger partial charge in [0.2, 0.25) is 0 Å². The van der Waals surface area contributed by atoms with E-state index in [-0.39, 0.29) is 24.2 Å². The number of aliphatic hydroxyl groups is 1. The molecular formula is C29H32F2N2O3. The van der Waals surface area contributed by atoms with Crippen LogP contribution in [0.1, 0.15) is 39.9 Å². The number of halogens is 2. The fourth-order valence-electron chi connectivity index (χ4n) is 4.89. The van der Waals surface area contributed by atoms with Crippen molar-refractivity contribution in [1.29, 1.82) is 0 Å². The Morgan fingerprint density at radius 2 is 1.78 bits per heavy atom. The van der Waals surface area contributed by atoms with E-state index in [4.69, 9.17) is 9.84 Å². The second-order valence-electron chi connectivity index (χ2n) is 9.57. The number of likely N-dealkylation sites (N-methyl/N-ethyl adjacent to an activating group) is 1. The number of benzene rings is 3. The first kappa shape index (κ1) is 25.8. The SMILES string of the molecule is CN1C[C@@H]2CNC(=O)c3cc(OCc4c(F)cccc4F)ccc3[C@H]2C1.C[C@H](O)Cc1ccccc1. The fraction of sp³-hybridized carbons (Fsp3) is 0.345. The summed E-state index contributed by atoms with van der Waals surface area (Å²) in [5.41, 5.74) is 2.67. The molecule has 5 rings (SSSR count). The normalized spacial score (nSPS) is 19.8. The third-order valence-electron chi connectivity index (χ3n) is 6.64. The smallest absolute Gasteiger partial charge is 0.251 e. The van der Waals surface area contributed by atoms with Crippen LogP contribution in [0, 0.1) is 17.6 Å². The van der Waals surface area contributed by atoms with Crippen LogP contribution in [0.5, 0.6) is 5.75 Å². The van der Waals surface area contributed by atoms with Crippen molar-refractivity contribution in [3.05, 3.63) is 101 Å². The van der Waals surface area contributed by atoms with Crippen molar-refractivity contribution in [1.82, 2.24) is 10.2 Å². The maximum absolute atomic E-state index is 13.7. The van der Waals surface area contributed by atoms with E-state index < -0.39 is 11.6 Å². The maximum atomic E-state index is 13.7. The highest BCUT2D eigenvalue weighted by atomic mass is 19.1. The number of amides is 1. The van der Waals surface area contributed by atoms with Crippen LogP contribution >= 0.6 is 0 Å². The molecule has 0 aromatic heterocycles. The van der Waals surface area contributed by atoms with Gasteiger partial charge in [-0.1, -0.05) is 42.5 Å². The monoisotopic (exact) mass is 494 g/mol. The van der Waals surface area contributed by atoms with Crippen LogP contribution in [0.15, 0.2) is 66.7 Å². The quantitative estimate of drug-likeness (QED) is 0.547. The minimum Gasteiger partial charge on any atom is -0.489 e. The van der Waals surface area contributed by atoms with E-state index in [1.54, 1.807) is 19.1 Å². The average molecular weight is 495 g/mol. The van der Waals surface area contributed by atoms with Crippen molar-refractivity contribution in [3.8, 4) is 5.75 Å². The summed E-state index contributed by atoms with van der Waals surface area (Å²) in [7, 11) is 2.08. The lowest BCUT2D eigenvalue weighted by atomic mass is 9.87. The molecule has 190 valence electrons. The molecule has 3 aromatic carbocycles. The minimum absolute atomic E-state index is 0.121. The Hall–Kier alpha value is -3.29. The lowest BCUT2D eigenvalue weighted by Crippen LogP contribution is -2.29. The summed E-state index contributed by atoms with van der Waals surface area (Å²) in [6.07, 6.45) is 0.517. The van der Waals surface area contributed by atoms with Crippen LogP contribution in [0.3, 0.4) is 0 Å². The molecule has 1 fully saturated rings. The standard InChI is InChI=1S/C20H20F2N2O2.C9H12O/c1-24-9-12-8-23-20(25)15-7-13(5-6-14(15)16(12)10-24)26-11-17-18(21)3-2-4-19(17)22;1-8(10)7-9-5-3-2-4-6-9/h2-7,12,16H,8-11H2,1H3,(H,23,25);2-6,8,10H,7H2,1H3/t12-,16-;8-/m00/s1. The first-order chi connectivity index (χ1) is 17.3. The second-order valence-corrected chi connectivity index (χ2v) is 9.57. The Bertz CT molecular complexity index is 1170. The second kappa shape index (κ2) is 11.6. The van der Waals surface area contributed by atoms with Gasteiger partial charge in [-0.25, -0.2) is 8.78 Å². The molecule has 0 spiro atoms.